The topological polar surface area (TPSA) is 39.7 Å². The van der Waals surface area contributed by atoms with Crippen LogP contribution in [-0.2, 0) is 6.54 Å². The maximum Gasteiger partial charge on any atom is 0.191 e. The van der Waals surface area contributed by atoms with Gasteiger partial charge in [0.15, 0.2) is 5.96 Å². The van der Waals surface area contributed by atoms with Crippen LogP contribution in [0, 0.1) is 5.82 Å². The van der Waals surface area contributed by atoms with Gasteiger partial charge in [-0.3, -0.25) is 4.99 Å². The second kappa shape index (κ2) is 11.7. The minimum absolute atomic E-state index is 0. The SMILES string of the molecule is CCN(CC)CCNC(=NC)NCc1ccccc1F.I. The summed E-state index contributed by atoms with van der Waals surface area (Å²) in [5, 5.41) is 6.35. The first-order valence-corrected chi connectivity index (χ1v) is 7.11. The van der Waals surface area contributed by atoms with Crippen LogP contribution in [-0.4, -0.2) is 44.1 Å². The molecular weight excluding hydrogens is 382 g/mol. The van der Waals surface area contributed by atoms with Crippen molar-refractivity contribution in [3.05, 3.63) is 35.6 Å². The molecule has 0 heterocycles. The Morgan fingerprint density at radius 2 is 1.86 bits per heavy atom. The maximum atomic E-state index is 13.5. The molecule has 0 unspecified atom stereocenters. The Labute approximate surface area is 144 Å². The molecule has 2 N–H and O–H groups in total. The van der Waals surface area contributed by atoms with Crippen LogP contribution in [0.1, 0.15) is 19.4 Å². The first-order chi connectivity index (χ1) is 9.71. The number of nitrogens with one attached hydrogen (secondary N) is 2. The average molecular weight is 408 g/mol. The predicted octanol–water partition coefficient (Wildman–Crippen LogP) is 2.45. The molecule has 1 aromatic rings. The lowest BCUT2D eigenvalue weighted by molar-refractivity contribution is 0.308. The third kappa shape index (κ3) is 7.61. The Balaban J connectivity index is 0.00000400. The third-order valence-electron chi connectivity index (χ3n) is 3.24. The summed E-state index contributed by atoms with van der Waals surface area (Å²) >= 11 is 0. The largest absolute Gasteiger partial charge is 0.355 e. The van der Waals surface area contributed by atoms with E-state index in [2.05, 4.69) is 34.4 Å². The van der Waals surface area contributed by atoms with Crippen molar-refractivity contribution in [1.82, 2.24) is 15.5 Å². The molecule has 0 bridgehead atoms. The molecule has 0 aliphatic carbocycles. The summed E-state index contributed by atoms with van der Waals surface area (Å²) in [6.07, 6.45) is 0. The van der Waals surface area contributed by atoms with Crippen molar-refractivity contribution in [2.75, 3.05) is 33.2 Å². The van der Waals surface area contributed by atoms with Crippen molar-refractivity contribution < 1.29 is 4.39 Å². The summed E-state index contributed by atoms with van der Waals surface area (Å²) in [6, 6.07) is 6.76. The molecule has 21 heavy (non-hydrogen) atoms. The normalized spacial score (nSPS) is 11.2. The number of rotatable bonds is 7. The summed E-state index contributed by atoms with van der Waals surface area (Å²) in [7, 11) is 1.72. The van der Waals surface area contributed by atoms with Crippen LogP contribution in [0.15, 0.2) is 29.3 Å². The Morgan fingerprint density at radius 3 is 2.43 bits per heavy atom. The molecule has 6 heteroatoms. The molecule has 1 rings (SSSR count). The highest BCUT2D eigenvalue weighted by molar-refractivity contribution is 14.0. The summed E-state index contributed by atoms with van der Waals surface area (Å²) in [5.41, 5.74) is 0.638. The number of hydrogen-bond donors (Lipinski definition) is 2. The standard InChI is InChI=1S/C15H25FN4.HI/c1-4-20(5-2)11-10-18-15(17-3)19-12-13-8-6-7-9-14(13)16;/h6-9H,4-5,10-12H2,1-3H3,(H2,17,18,19);1H. The minimum atomic E-state index is -0.196. The fourth-order valence-electron chi connectivity index (χ4n) is 1.91. The van der Waals surface area contributed by atoms with Gasteiger partial charge in [-0.2, -0.15) is 0 Å². The van der Waals surface area contributed by atoms with Crippen molar-refractivity contribution in [2.24, 2.45) is 4.99 Å². The van der Waals surface area contributed by atoms with Crippen LogP contribution in [0.25, 0.3) is 0 Å². The van der Waals surface area contributed by atoms with E-state index in [0.29, 0.717) is 18.1 Å². The Morgan fingerprint density at radius 1 is 1.19 bits per heavy atom. The smallest absolute Gasteiger partial charge is 0.191 e. The molecule has 0 amide bonds. The molecule has 0 atom stereocenters. The molecular formula is C15H26FIN4. The molecule has 0 spiro atoms. The predicted molar refractivity (Wildman–Crippen MR) is 97.8 cm³/mol. The summed E-state index contributed by atoms with van der Waals surface area (Å²) < 4.78 is 13.5. The van der Waals surface area contributed by atoms with Gasteiger partial charge in [-0.05, 0) is 19.2 Å². The Kier molecular flexibility index (Phi) is 11.2. The van der Waals surface area contributed by atoms with Gasteiger partial charge in [0.2, 0.25) is 0 Å². The molecule has 0 aromatic heterocycles. The van der Waals surface area contributed by atoms with Gasteiger partial charge >= 0.3 is 0 Å². The van der Waals surface area contributed by atoms with E-state index in [1.165, 1.54) is 6.07 Å². The van der Waals surface area contributed by atoms with Gasteiger partial charge < -0.3 is 15.5 Å². The van der Waals surface area contributed by atoms with Gasteiger partial charge in [0, 0.05) is 32.2 Å². The van der Waals surface area contributed by atoms with E-state index in [1.807, 2.05) is 6.07 Å². The van der Waals surface area contributed by atoms with Gasteiger partial charge in [-0.25, -0.2) is 4.39 Å². The number of halogens is 2. The lowest BCUT2D eigenvalue weighted by Crippen LogP contribution is -2.41. The van der Waals surface area contributed by atoms with E-state index >= 15 is 0 Å². The zero-order chi connectivity index (χ0) is 14.8. The molecule has 0 aliphatic rings. The number of hydrogen-bond acceptors (Lipinski definition) is 2. The Bertz CT molecular complexity index is 422. The van der Waals surface area contributed by atoms with Gasteiger partial charge in [0.1, 0.15) is 5.82 Å². The van der Waals surface area contributed by atoms with Gasteiger partial charge in [-0.15, -0.1) is 24.0 Å². The van der Waals surface area contributed by atoms with Gasteiger partial charge in [-0.1, -0.05) is 32.0 Å². The van der Waals surface area contributed by atoms with E-state index in [9.17, 15) is 4.39 Å². The number of nitrogens with zero attached hydrogens (tertiary/aromatic N) is 2. The second-order valence-corrected chi connectivity index (χ2v) is 4.47. The summed E-state index contributed by atoms with van der Waals surface area (Å²) in [4.78, 5) is 6.47. The molecule has 0 aliphatic heterocycles. The highest BCUT2D eigenvalue weighted by Crippen LogP contribution is 2.05. The van der Waals surface area contributed by atoms with Crippen LogP contribution in [0.3, 0.4) is 0 Å². The second-order valence-electron chi connectivity index (χ2n) is 4.47. The Hall–Kier alpha value is -0.890. The van der Waals surface area contributed by atoms with Crippen molar-refractivity contribution in [1.29, 1.82) is 0 Å². The van der Waals surface area contributed by atoms with Gasteiger partial charge in [0.05, 0.1) is 0 Å². The lowest BCUT2D eigenvalue weighted by Gasteiger charge is -2.19. The van der Waals surface area contributed by atoms with Crippen LogP contribution >= 0.6 is 24.0 Å². The molecule has 0 radical (unpaired) electrons. The first kappa shape index (κ1) is 20.1. The van der Waals surface area contributed by atoms with Crippen LogP contribution < -0.4 is 10.6 Å². The average Bonchev–Trinajstić information content (AvgIpc) is 2.48. The molecule has 0 saturated heterocycles. The summed E-state index contributed by atoms with van der Waals surface area (Å²) in [5.74, 6) is 0.499. The van der Waals surface area contributed by atoms with Crippen molar-refractivity contribution in [3.8, 4) is 0 Å². The lowest BCUT2D eigenvalue weighted by atomic mass is 10.2. The van der Waals surface area contributed by atoms with Crippen molar-refractivity contribution in [2.45, 2.75) is 20.4 Å². The fraction of sp³-hybridized carbons (Fsp3) is 0.533. The summed E-state index contributed by atoms with van der Waals surface area (Å²) in [6.45, 7) is 8.59. The molecule has 0 fully saturated rings. The van der Waals surface area contributed by atoms with E-state index in [1.54, 1.807) is 19.2 Å². The number of benzene rings is 1. The maximum absolute atomic E-state index is 13.5. The van der Waals surface area contributed by atoms with E-state index in [4.69, 9.17) is 0 Å². The molecule has 1 aromatic carbocycles. The number of likely N-dealkylation sites (N-methyl/N-ethyl adjacent to an activating group) is 1. The fourth-order valence-corrected chi connectivity index (χ4v) is 1.91. The van der Waals surface area contributed by atoms with Crippen LogP contribution in [0.5, 0.6) is 0 Å². The zero-order valence-electron chi connectivity index (χ0n) is 13.0. The highest BCUT2D eigenvalue weighted by atomic mass is 127. The molecule has 120 valence electrons. The van der Waals surface area contributed by atoms with Crippen molar-refractivity contribution >= 4 is 29.9 Å². The zero-order valence-corrected chi connectivity index (χ0v) is 15.4. The monoisotopic (exact) mass is 408 g/mol. The first-order valence-electron chi connectivity index (χ1n) is 7.11. The number of guanidine groups is 1. The van der Waals surface area contributed by atoms with Crippen LogP contribution in [0.4, 0.5) is 4.39 Å². The van der Waals surface area contributed by atoms with Gasteiger partial charge in [0.25, 0.3) is 0 Å². The quantitative estimate of drug-likeness (QED) is 0.414. The molecule has 4 nitrogen and oxygen atoms in total. The third-order valence-corrected chi connectivity index (χ3v) is 3.24. The highest BCUT2D eigenvalue weighted by Gasteiger charge is 2.03. The van der Waals surface area contributed by atoms with Crippen LogP contribution in [0.2, 0.25) is 0 Å². The minimum Gasteiger partial charge on any atom is -0.355 e. The van der Waals surface area contributed by atoms with E-state index in [0.717, 1.165) is 26.2 Å². The van der Waals surface area contributed by atoms with Crippen molar-refractivity contribution in [3.63, 3.8) is 0 Å². The van der Waals surface area contributed by atoms with E-state index < -0.39 is 0 Å². The molecule has 0 saturated carbocycles. The van der Waals surface area contributed by atoms with E-state index in [-0.39, 0.29) is 29.8 Å². The number of aliphatic imine (C=N–C) groups is 1.